The maximum absolute atomic E-state index is 14.2. The summed E-state index contributed by atoms with van der Waals surface area (Å²) in [7, 11) is -4.82. The Morgan fingerprint density at radius 3 is 2.54 bits per heavy atom. The van der Waals surface area contributed by atoms with E-state index < -0.39 is 51.9 Å². The van der Waals surface area contributed by atoms with E-state index in [4.69, 9.17) is 4.74 Å². The molecule has 150 valence electrons. The van der Waals surface area contributed by atoms with Gasteiger partial charge in [0.25, 0.3) is 5.92 Å². The van der Waals surface area contributed by atoms with Crippen LogP contribution in [0.15, 0.2) is 42.5 Å². The minimum absolute atomic E-state index is 0.251. The van der Waals surface area contributed by atoms with Gasteiger partial charge < -0.3 is 4.74 Å². The monoisotopic (exact) mass is 418 g/mol. The molecule has 2 N–H and O–H groups in total. The van der Waals surface area contributed by atoms with E-state index in [0.29, 0.717) is 17.7 Å². The summed E-state index contributed by atoms with van der Waals surface area (Å²) < 4.78 is 87.3. The van der Waals surface area contributed by atoms with Gasteiger partial charge in [-0.3, -0.25) is 0 Å². The molecule has 1 amide bonds. The Kier molecular flexibility index (Phi) is 5.31. The minimum atomic E-state index is -4.82. The van der Waals surface area contributed by atoms with Crippen LogP contribution in [-0.2, 0) is 28.0 Å². The van der Waals surface area contributed by atoms with Crippen molar-refractivity contribution in [1.82, 2.24) is 9.44 Å². The molecule has 0 aliphatic heterocycles. The first kappa shape index (κ1) is 20.1. The second-order valence-corrected chi connectivity index (χ2v) is 7.56. The van der Waals surface area contributed by atoms with Crippen LogP contribution >= 0.6 is 0 Å². The number of nitrogens with one attached hydrogen (secondary N) is 2. The predicted octanol–water partition coefficient (Wildman–Crippen LogP) is 2.96. The van der Waals surface area contributed by atoms with Crippen molar-refractivity contribution in [3.63, 3.8) is 0 Å². The quantitative estimate of drug-likeness (QED) is 0.732. The lowest BCUT2D eigenvalue weighted by atomic mass is 10.1. The number of carbonyl (C=O) groups excluding carboxylic acids is 1. The molecule has 1 unspecified atom stereocenters. The Morgan fingerprint density at radius 2 is 1.86 bits per heavy atom. The molecule has 2 aromatic rings. The number of ether oxygens (including phenoxy) is 1. The highest BCUT2D eigenvalue weighted by atomic mass is 32.2. The van der Waals surface area contributed by atoms with Crippen LogP contribution in [-0.4, -0.2) is 20.4 Å². The third kappa shape index (κ3) is 4.42. The lowest BCUT2D eigenvalue weighted by Gasteiger charge is -2.21. The molecule has 1 atom stereocenters. The first-order valence-electron chi connectivity index (χ1n) is 7.94. The number of benzene rings is 2. The number of halogens is 4. The summed E-state index contributed by atoms with van der Waals surface area (Å²) in [5, 5.41) is 0. The smallest absolute Gasteiger partial charge is 0.422 e. The molecule has 0 saturated heterocycles. The van der Waals surface area contributed by atoms with Gasteiger partial charge in [0, 0.05) is 18.1 Å². The summed E-state index contributed by atoms with van der Waals surface area (Å²) in [6.45, 7) is -0.251. The largest absolute Gasteiger partial charge is 0.444 e. The Labute approximate surface area is 157 Å². The first-order valence-corrected chi connectivity index (χ1v) is 9.42. The van der Waals surface area contributed by atoms with Gasteiger partial charge in [0.2, 0.25) is 0 Å². The number of hydrogen-bond acceptors (Lipinski definition) is 4. The van der Waals surface area contributed by atoms with Crippen LogP contribution in [0.25, 0.3) is 0 Å². The van der Waals surface area contributed by atoms with Crippen molar-refractivity contribution in [3.05, 3.63) is 70.8 Å². The second kappa shape index (κ2) is 7.40. The lowest BCUT2D eigenvalue weighted by molar-refractivity contribution is -0.0195. The van der Waals surface area contributed by atoms with Gasteiger partial charge in [-0.25, -0.2) is 27.1 Å². The Balaban J connectivity index is 1.71. The molecule has 0 fully saturated rings. The van der Waals surface area contributed by atoms with Crippen molar-refractivity contribution in [2.75, 3.05) is 0 Å². The Bertz CT molecular complexity index is 1000. The zero-order valence-corrected chi connectivity index (χ0v) is 14.9. The number of hydrogen-bond donors (Lipinski definition) is 2. The normalized spacial score (nSPS) is 17.8. The molecule has 0 spiro atoms. The molecule has 0 radical (unpaired) electrons. The molecule has 11 heteroatoms. The lowest BCUT2D eigenvalue weighted by Crippen LogP contribution is -2.46. The standard InChI is InChI=1S/C17H14F4N2O4S/c18-12-6-11-8-17(20,21)15(14(11)13(19)7-12)22-28(25,26)23-16(24)27-9-10-4-2-1-3-5-10/h1-7,15,22H,8-9H2,(H,23,24). The molecule has 0 heterocycles. The number of fused-ring (bicyclic) bond motifs is 1. The van der Waals surface area contributed by atoms with Crippen molar-refractivity contribution >= 4 is 16.3 Å². The molecular weight excluding hydrogens is 404 g/mol. The number of amides is 1. The molecule has 1 aliphatic rings. The molecular formula is C17H14F4N2O4S. The van der Waals surface area contributed by atoms with E-state index in [2.05, 4.69) is 0 Å². The number of rotatable bonds is 5. The van der Waals surface area contributed by atoms with Crippen molar-refractivity contribution < 1.29 is 35.5 Å². The third-order valence-electron chi connectivity index (χ3n) is 4.02. The fourth-order valence-electron chi connectivity index (χ4n) is 2.87. The molecule has 2 aromatic carbocycles. The molecule has 3 rings (SSSR count). The van der Waals surface area contributed by atoms with Crippen LogP contribution < -0.4 is 9.44 Å². The van der Waals surface area contributed by atoms with Crippen molar-refractivity contribution in [1.29, 1.82) is 0 Å². The van der Waals surface area contributed by atoms with Gasteiger partial charge in [0.05, 0.1) is 0 Å². The first-order chi connectivity index (χ1) is 13.1. The number of alkyl halides is 2. The highest BCUT2D eigenvalue weighted by Crippen LogP contribution is 2.44. The van der Waals surface area contributed by atoms with E-state index in [1.165, 1.54) is 9.44 Å². The maximum atomic E-state index is 14.2. The maximum Gasteiger partial charge on any atom is 0.422 e. The van der Waals surface area contributed by atoms with E-state index in [1.54, 1.807) is 30.3 Å². The van der Waals surface area contributed by atoms with Gasteiger partial charge >= 0.3 is 16.3 Å². The molecule has 6 nitrogen and oxygen atoms in total. The van der Waals surface area contributed by atoms with Gasteiger partial charge in [-0.2, -0.15) is 13.1 Å². The zero-order chi connectivity index (χ0) is 20.5. The summed E-state index contributed by atoms with van der Waals surface area (Å²) in [6, 6.07) is 7.10. The van der Waals surface area contributed by atoms with Crippen LogP contribution in [0.4, 0.5) is 22.4 Å². The Hall–Kier alpha value is -2.66. The van der Waals surface area contributed by atoms with Crippen LogP contribution in [0.2, 0.25) is 0 Å². The summed E-state index contributed by atoms with van der Waals surface area (Å²) in [5.41, 5.74) is -0.459. The fraction of sp³-hybridized carbons (Fsp3) is 0.235. The SMILES string of the molecule is O=C(NS(=O)(=O)NC1c2c(F)cc(F)cc2CC1(F)F)OCc1ccccc1. The van der Waals surface area contributed by atoms with E-state index >= 15 is 0 Å². The molecule has 0 saturated carbocycles. The molecule has 28 heavy (non-hydrogen) atoms. The summed E-state index contributed by atoms with van der Waals surface area (Å²) in [4.78, 5) is 11.7. The number of carbonyl (C=O) groups is 1. The van der Waals surface area contributed by atoms with Crippen LogP contribution in [0.1, 0.15) is 22.7 Å². The predicted molar refractivity (Wildman–Crippen MR) is 89.6 cm³/mol. The van der Waals surface area contributed by atoms with Crippen molar-refractivity contribution in [2.45, 2.75) is 25.0 Å². The summed E-state index contributed by atoms with van der Waals surface area (Å²) >= 11 is 0. The summed E-state index contributed by atoms with van der Waals surface area (Å²) in [6.07, 6.45) is -2.46. The molecule has 0 aromatic heterocycles. The fourth-order valence-corrected chi connectivity index (χ4v) is 3.80. The van der Waals surface area contributed by atoms with Crippen molar-refractivity contribution in [3.8, 4) is 0 Å². The van der Waals surface area contributed by atoms with E-state index in [0.717, 1.165) is 0 Å². The highest BCUT2D eigenvalue weighted by molar-refractivity contribution is 7.88. The minimum Gasteiger partial charge on any atom is -0.444 e. The van der Waals surface area contributed by atoms with E-state index in [1.807, 2.05) is 0 Å². The second-order valence-electron chi connectivity index (χ2n) is 6.12. The zero-order valence-electron chi connectivity index (χ0n) is 14.1. The van der Waals surface area contributed by atoms with Crippen LogP contribution in [0, 0.1) is 11.6 Å². The highest BCUT2D eigenvalue weighted by Gasteiger charge is 2.51. The average molecular weight is 418 g/mol. The van der Waals surface area contributed by atoms with E-state index in [-0.39, 0.29) is 12.2 Å². The van der Waals surface area contributed by atoms with Gasteiger partial charge in [-0.15, -0.1) is 0 Å². The third-order valence-corrected chi connectivity index (χ3v) is 5.00. The van der Waals surface area contributed by atoms with Gasteiger partial charge in [-0.05, 0) is 17.2 Å². The van der Waals surface area contributed by atoms with E-state index in [9.17, 15) is 30.8 Å². The molecule has 1 aliphatic carbocycles. The molecule has 0 bridgehead atoms. The van der Waals surface area contributed by atoms with Crippen LogP contribution in [0.3, 0.4) is 0 Å². The van der Waals surface area contributed by atoms with Crippen LogP contribution in [0.5, 0.6) is 0 Å². The topological polar surface area (TPSA) is 84.5 Å². The Morgan fingerprint density at radius 1 is 1.18 bits per heavy atom. The van der Waals surface area contributed by atoms with Gasteiger partial charge in [-0.1, -0.05) is 30.3 Å². The van der Waals surface area contributed by atoms with Gasteiger partial charge in [0.15, 0.2) is 0 Å². The summed E-state index contributed by atoms with van der Waals surface area (Å²) in [5.74, 6) is -6.09. The van der Waals surface area contributed by atoms with Crippen molar-refractivity contribution in [2.24, 2.45) is 0 Å². The van der Waals surface area contributed by atoms with Gasteiger partial charge in [0.1, 0.15) is 24.3 Å². The average Bonchev–Trinajstić information content (AvgIpc) is 2.83.